The van der Waals surface area contributed by atoms with E-state index in [1.54, 1.807) is 6.20 Å². The van der Waals surface area contributed by atoms with Gasteiger partial charge in [0, 0.05) is 19.7 Å². The molecule has 0 saturated heterocycles. The molecule has 0 radical (unpaired) electrons. The van der Waals surface area contributed by atoms with Crippen molar-refractivity contribution in [3.05, 3.63) is 34.8 Å². The van der Waals surface area contributed by atoms with Gasteiger partial charge in [0.05, 0.1) is 5.69 Å². The van der Waals surface area contributed by atoms with Crippen molar-refractivity contribution in [2.24, 2.45) is 12.8 Å². The number of halogens is 1. The number of nitrogens with zero attached hydrogens (tertiary/aromatic N) is 3. The van der Waals surface area contributed by atoms with E-state index in [0.29, 0.717) is 6.54 Å². The third-order valence-electron chi connectivity index (χ3n) is 2.42. The van der Waals surface area contributed by atoms with Gasteiger partial charge in [-0.05, 0) is 34.6 Å². The van der Waals surface area contributed by atoms with Crippen LogP contribution in [-0.2, 0) is 13.5 Å². The highest BCUT2D eigenvalue weighted by atomic mass is 79.9. The van der Waals surface area contributed by atoms with E-state index in [1.807, 2.05) is 29.8 Å². The number of aromatic nitrogens is 3. The lowest BCUT2D eigenvalue weighted by Crippen LogP contribution is -2.08. The van der Waals surface area contributed by atoms with Crippen molar-refractivity contribution in [3.63, 3.8) is 0 Å². The van der Waals surface area contributed by atoms with Crippen LogP contribution in [0.15, 0.2) is 29.0 Å². The molecule has 0 amide bonds. The lowest BCUT2D eigenvalue weighted by atomic mass is 10.3. The second-order valence-corrected chi connectivity index (χ2v) is 4.23. The minimum Gasteiger partial charge on any atom is -0.330 e. The first-order chi connectivity index (χ1) is 7.74. The Kier molecular flexibility index (Phi) is 3.36. The molecule has 0 saturated carbocycles. The maximum atomic E-state index is 5.54. The third-order valence-corrected chi connectivity index (χ3v) is 2.97. The van der Waals surface area contributed by atoms with Gasteiger partial charge in [0.15, 0.2) is 0 Å². The van der Waals surface area contributed by atoms with Crippen molar-refractivity contribution in [1.29, 1.82) is 0 Å². The van der Waals surface area contributed by atoms with E-state index in [9.17, 15) is 0 Å². The van der Waals surface area contributed by atoms with Crippen LogP contribution in [0.1, 0.15) is 5.82 Å². The van der Waals surface area contributed by atoms with Crippen LogP contribution in [0.3, 0.4) is 0 Å². The molecule has 2 rings (SSSR count). The first-order valence-corrected chi connectivity index (χ1v) is 5.86. The summed E-state index contributed by atoms with van der Waals surface area (Å²) in [5.41, 5.74) is 7.44. The van der Waals surface area contributed by atoms with Crippen LogP contribution < -0.4 is 5.73 Å². The molecule has 84 valence electrons. The standard InChI is InChI=1S/C11H13BrN4/c1-16-9(5-6-13)15-11(12)10(16)8-4-2-3-7-14-8/h2-4,7H,5-6,13H2,1H3. The van der Waals surface area contributed by atoms with Crippen LogP contribution in [0.25, 0.3) is 11.4 Å². The first-order valence-electron chi connectivity index (χ1n) is 5.06. The molecule has 0 spiro atoms. The zero-order valence-corrected chi connectivity index (χ0v) is 10.6. The Hall–Kier alpha value is -1.20. The van der Waals surface area contributed by atoms with Crippen molar-refractivity contribution in [2.75, 3.05) is 6.54 Å². The summed E-state index contributed by atoms with van der Waals surface area (Å²) in [7, 11) is 1.98. The van der Waals surface area contributed by atoms with Gasteiger partial charge in [-0.25, -0.2) is 4.98 Å². The summed E-state index contributed by atoms with van der Waals surface area (Å²) < 4.78 is 2.84. The molecule has 0 bridgehead atoms. The molecule has 0 fully saturated rings. The van der Waals surface area contributed by atoms with E-state index in [2.05, 4.69) is 25.9 Å². The van der Waals surface area contributed by atoms with Crippen LogP contribution >= 0.6 is 15.9 Å². The number of nitrogens with two attached hydrogens (primary N) is 1. The van der Waals surface area contributed by atoms with Crippen molar-refractivity contribution >= 4 is 15.9 Å². The summed E-state index contributed by atoms with van der Waals surface area (Å²) in [4.78, 5) is 8.76. The molecular weight excluding hydrogens is 268 g/mol. The minimum atomic E-state index is 0.596. The average Bonchev–Trinajstić information content (AvgIpc) is 2.56. The Labute approximate surface area is 103 Å². The van der Waals surface area contributed by atoms with E-state index < -0.39 is 0 Å². The molecular formula is C11H13BrN4. The predicted molar refractivity (Wildman–Crippen MR) is 66.9 cm³/mol. The van der Waals surface area contributed by atoms with Crippen molar-refractivity contribution in [1.82, 2.24) is 14.5 Å². The lowest BCUT2D eigenvalue weighted by Gasteiger charge is -2.04. The summed E-state index contributed by atoms with van der Waals surface area (Å²) in [6.07, 6.45) is 2.54. The van der Waals surface area contributed by atoms with Crippen LogP contribution in [-0.4, -0.2) is 21.1 Å². The molecule has 0 aromatic carbocycles. The highest BCUT2D eigenvalue weighted by molar-refractivity contribution is 9.10. The maximum Gasteiger partial charge on any atom is 0.134 e. The topological polar surface area (TPSA) is 56.7 Å². The SMILES string of the molecule is Cn1c(CCN)nc(Br)c1-c1ccccn1. The van der Waals surface area contributed by atoms with E-state index in [4.69, 9.17) is 5.73 Å². The molecule has 0 aliphatic carbocycles. The van der Waals surface area contributed by atoms with Crippen molar-refractivity contribution < 1.29 is 0 Å². The highest BCUT2D eigenvalue weighted by Gasteiger charge is 2.14. The van der Waals surface area contributed by atoms with Gasteiger partial charge in [0.25, 0.3) is 0 Å². The molecule has 4 nitrogen and oxygen atoms in total. The van der Waals surface area contributed by atoms with Gasteiger partial charge in [0.2, 0.25) is 0 Å². The van der Waals surface area contributed by atoms with Gasteiger partial charge in [-0.2, -0.15) is 0 Å². The monoisotopic (exact) mass is 280 g/mol. The number of rotatable bonds is 3. The molecule has 0 aliphatic heterocycles. The van der Waals surface area contributed by atoms with Gasteiger partial charge in [-0.1, -0.05) is 6.07 Å². The van der Waals surface area contributed by atoms with Crippen LogP contribution in [0.5, 0.6) is 0 Å². The molecule has 2 aromatic heterocycles. The summed E-state index contributed by atoms with van der Waals surface area (Å²) >= 11 is 3.46. The lowest BCUT2D eigenvalue weighted by molar-refractivity contribution is 0.780. The van der Waals surface area contributed by atoms with Gasteiger partial charge < -0.3 is 10.3 Å². The van der Waals surface area contributed by atoms with E-state index in [0.717, 1.165) is 28.2 Å². The molecule has 2 N–H and O–H groups in total. The fourth-order valence-electron chi connectivity index (χ4n) is 1.64. The minimum absolute atomic E-state index is 0.596. The first kappa shape index (κ1) is 11.3. The molecule has 2 heterocycles. The van der Waals surface area contributed by atoms with Gasteiger partial charge >= 0.3 is 0 Å². The normalized spacial score (nSPS) is 10.7. The molecule has 5 heteroatoms. The summed E-state index contributed by atoms with van der Waals surface area (Å²) in [5.74, 6) is 0.968. The van der Waals surface area contributed by atoms with E-state index in [1.165, 1.54) is 0 Å². The molecule has 0 unspecified atom stereocenters. The van der Waals surface area contributed by atoms with Gasteiger partial charge in [-0.3, -0.25) is 4.98 Å². The third kappa shape index (κ3) is 2.01. The fourth-order valence-corrected chi connectivity index (χ4v) is 2.32. The van der Waals surface area contributed by atoms with Crippen LogP contribution in [0.2, 0.25) is 0 Å². The smallest absolute Gasteiger partial charge is 0.134 e. The van der Waals surface area contributed by atoms with Gasteiger partial charge in [0.1, 0.15) is 16.1 Å². The Morgan fingerprint density at radius 1 is 1.44 bits per heavy atom. The quantitative estimate of drug-likeness (QED) is 0.932. The summed E-state index contributed by atoms with van der Waals surface area (Å²) in [6, 6.07) is 5.83. The Morgan fingerprint density at radius 3 is 2.88 bits per heavy atom. The van der Waals surface area contributed by atoms with E-state index >= 15 is 0 Å². The van der Waals surface area contributed by atoms with Crippen LogP contribution in [0, 0.1) is 0 Å². The molecule has 0 aliphatic rings. The predicted octanol–water partition coefficient (Wildman–Crippen LogP) is 1.75. The number of pyridine rings is 1. The second-order valence-electron chi connectivity index (χ2n) is 3.48. The number of hydrogen-bond acceptors (Lipinski definition) is 3. The summed E-state index contributed by atoms with van der Waals surface area (Å²) in [6.45, 7) is 0.596. The molecule has 16 heavy (non-hydrogen) atoms. The Balaban J connectivity index is 2.49. The molecule has 2 aromatic rings. The zero-order chi connectivity index (χ0) is 11.5. The number of imidazole rings is 1. The average molecular weight is 281 g/mol. The van der Waals surface area contributed by atoms with E-state index in [-0.39, 0.29) is 0 Å². The maximum absolute atomic E-state index is 5.54. The van der Waals surface area contributed by atoms with Gasteiger partial charge in [-0.15, -0.1) is 0 Å². The van der Waals surface area contributed by atoms with Crippen LogP contribution in [0.4, 0.5) is 0 Å². The Morgan fingerprint density at radius 2 is 2.25 bits per heavy atom. The van der Waals surface area contributed by atoms with Crippen molar-refractivity contribution in [3.8, 4) is 11.4 Å². The van der Waals surface area contributed by atoms with Crippen molar-refractivity contribution in [2.45, 2.75) is 6.42 Å². The summed E-state index contributed by atoms with van der Waals surface area (Å²) in [5, 5.41) is 0. The second kappa shape index (κ2) is 4.76. The highest BCUT2D eigenvalue weighted by Crippen LogP contribution is 2.26. The Bertz CT molecular complexity index is 478. The molecule has 0 atom stereocenters. The zero-order valence-electron chi connectivity index (χ0n) is 9.02. The fraction of sp³-hybridized carbons (Fsp3) is 0.273. The number of hydrogen-bond donors (Lipinski definition) is 1. The largest absolute Gasteiger partial charge is 0.330 e.